The maximum atomic E-state index is 13.4. The normalized spacial score (nSPS) is 14.8. The minimum Gasteiger partial charge on any atom is -0.480 e. The second kappa shape index (κ2) is 28.4. The number of carboxylic acid groups (broad SMARTS) is 1. The molecule has 0 fully saturated rings. The SMILES string of the molecule is CC(C)[C@H](N)C(=O)N[C@@H](C)C(=O)N[C@H](C(=O)NCC(=O)N[C@H](C(=O)N[C@@H](C)C(=O)N[C@@H](CCCN=C(N)N)C(=O)N[C@@H](C)C(=O)N[C@@H](CCCN=C(N)N)C(=O)O)C(C)C)C(C)C. The third-order valence-corrected chi connectivity index (χ3v) is 9.35. The second-order valence-corrected chi connectivity index (χ2v) is 16.1. The average Bonchev–Trinajstić information content (AvgIpc) is 3.18. The number of aliphatic carboxylic acids is 1. The van der Waals surface area contributed by atoms with Crippen molar-refractivity contribution >= 4 is 65.1 Å². The summed E-state index contributed by atoms with van der Waals surface area (Å²) in [6.07, 6.45) is 0.397. The summed E-state index contributed by atoms with van der Waals surface area (Å²) in [6.45, 7) is 13.8. The number of guanidine groups is 2. The molecule has 19 N–H and O–H groups in total. The van der Waals surface area contributed by atoms with Gasteiger partial charge in [0.15, 0.2) is 11.9 Å². The van der Waals surface area contributed by atoms with Gasteiger partial charge in [0.2, 0.25) is 47.3 Å². The molecule has 0 saturated heterocycles. The molecule has 0 heterocycles. The van der Waals surface area contributed by atoms with Gasteiger partial charge >= 0.3 is 5.97 Å². The smallest absolute Gasteiger partial charge is 0.326 e. The van der Waals surface area contributed by atoms with Crippen LogP contribution in [0.25, 0.3) is 0 Å². The van der Waals surface area contributed by atoms with Crippen LogP contribution in [0, 0.1) is 17.8 Å². The van der Waals surface area contributed by atoms with Crippen LogP contribution in [0.15, 0.2) is 9.98 Å². The standard InChI is InChI=1S/C38H71N15O10/c1-17(2)26(39)33(59)48-22(9)31(57)53-27(18(3)4)34(60)46-16-25(54)52-28(19(5)6)35(61)49-21(8)29(55)50-23(12-10-14-44-37(40)41)32(58)47-20(7)30(56)51-24(36(62)63)13-11-15-45-38(42)43/h17-24,26-28H,10-16,39H2,1-9H3,(H,46,60)(H,47,58)(H,48,59)(H,49,61)(H,50,55)(H,51,56)(H,52,54)(H,53,57)(H,62,63)(H4,40,41,44)(H4,42,43,45)/t20-,21-,22-,23-,24-,26-,27-,28-/m0/s1. The monoisotopic (exact) mass is 898 g/mol. The van der Waals surface area contributed by atoms with Crippen molar-refractivity contribution in [3.63, 3.8) is 0 Å². The number of amides is 8. The van der Waals surface area contributed by atoms with Crippen LogP contribution >= 0.6 is 0 Å². The Morgan fingerprint density at radius 1 is 0.476 bits per heavy atom. The van der Waals surface area contributed by atoms with E-state index >= 15 is 0 Å². The Balaban J connectivity index is 5.64. The Kier molecular flexibility index (Phi) is 25.5. The van der Waals surface area contributed by atoms with Crippen LogP contribution in [0.3, 0.4) is 0 Å². The molecule has 63 heavy (non-hydrogen) atoms. The van der Waals surface area contributed by atoms with E-state index in [1.807, 2.05) is 0 Å². The van der Waals surface area contributed by atoms with Crippen molar-refractivity contribution < 1.29 is 48.3 Å². The molecule has 0 aromatic carbocycles. The largest absolute Gasteiger partial charge is 0.480 e. The number of carbonyl (C=O) groups is 9. The lowest BCUT2D eigenvalue weighted by atomic mass is 10.0. The van der Waals surface area contributed by atoms with E-state index in [2.05, 4.69) is 52.5 Å². The van der Waals surface area contributed by atoms with Gasteiger partial charge in [-0.15, -0.1) is 0 Å². The lowest BCUT2D eigenvalue weighted by molar-refractivity contribution is -0.142. The molecule has 0 aromatic rings. The summed E-state index contributed by atoms with van der Waals surface area (Å²) in [5.74, 6) is -8.66. The summed E-state index contributed by atoms with van der Waals surface area (Å²) < 4.78 is 0. The lowest BCUT2D eigenvalue weighted by Gasteiger charge is -2.26. The fourth-order valence-corrected chi connectivity index (χ4v) is 5.40. The third kappa shape index (κ3) is 22.4. The molecule has 25 heteroatoms. The Morgan fingerprint density at radius 3 is 1.30 bits per heavy atom. The van der Waals surface area contributed by atoms with Crippen LogP contribution in [0.4, 0.5) is 0 Å². The van der Waals surface area contributed by atoms with Crippen LogP contribution in [0.2, 0.25) is 0 Å². The maximum Gasteiger partial charge on any atom is 0.326 e. The molecule has 0 unspecified atom stereocenters. The summed E-state index contributed by atoms with van der Waals surface area (Å²) in [6, 6.07) is -9.24. The molecule has 0 radical (unpaired) electrons. The van der Waals surface area contributed by atoms with Gasteiger partial charge in [-0.25, -0.2) is 4.79 Å². The average molecular weight is 898 g/mol. The van der Waals surface area contributed by atoms with Crippen LogP contribution in [0.5, 0.6) is 0 Å². The molecule has 0 aliphatic rings. The number of carbonyl (C=O) groups excluding carboxylic acids is 8. The van der Waals surface area contributed by atoms with Gasteiger partial charge in [0.1, 0.15) is 42.3 Å². The van der Waals surface area contributed by atoms with Crippen molar-refractivity contribution in [3.8, 4) is 0 Å². The molecule has 8 amide bonds. The number of hydrogen-bond acceptors (Lipinski definition) is 12. The zero-order chi connectivity index (χ0) is 48.7. The van der Waals surface area contributed by atoms with Gasteiger partial charge in [0, 0.05) is 13.1 Å². The van der Waals surface area contributed by atoms with Crippen molar-refractivity contribution in [1.82, 2.24) is 42.5 Å². The van der Waals surface area contributed by atoms with E-state index in [0.717, 1.165) is 0 Å². The van der Waals surface area contributed by atoms with Gasteiger partial charge in [0.25, 0.3) is 0 Å². The number of aliphatic imine (C=N–C) groups is 2. The summed E-state index contributed by atoms with van der Waals surface area (Å²) in [4.78, 5) is 124. The first kappa shape index (κ1) is 56.7. The molecule has 0 rings (SSSR count). The van der Waals surface area contributed by atoms with Gasteiger partial charge in [-0.3, -0.25) is 48.3 Å². The molecular weight excluding hydrogens is 827 g/mol. The Hall–Kier alpha value is -6.27. The molecule has 8 atom stereocenters. The Morgan fingerprint density at radius 2 is 0.873 bits per heavy atom. The first-order chi connectivity index (χ1) is 29.2. The molecule has 0 aliphatic carbocycles. The van der Waals surface area contributed by atoms with E-state index in [1.54, 1.807) is 41.5 Å². The van der Waals surface area contributed by atoms with Crippen molar-refractivity contribution in [2.75, 3.05) is 19.6 Å². The molecule has 0 saturated carbocycles. The van der Waals surface area contributed by atoms with E-state index < -0.39 is 120 Å². The highest BCUT2D eigenvalue weighted by Crippen LogP contribution is 2.07. The second-order valence-electron chi connectivity index (χ2n) is 16.1. The molecule has 0 aromatic heterocycles. The van der Waals surface area contributed by atoms with Crippen LogP contribution in [-0.2, 0) is 43.2 Å². The summed E-state index contributed by atoms with van der Waals surface area (Å²) >= 11 is 0. The Bertz CT molecular complexity index is 1650. The van der Waals surface area contributed by atoms with Gasteiger partial charge in [-0.1, -0.05) is 41.5 Å². The number of nitrogens with two attached hydrogens (primary N) is 5. The summed E-state index contributed by atoms with van der Waals surface area (Å²) in [7, 11) is 0. The lowest BCUT2D eigenvalue weighted by Crippen LogP contribution is -2.59. The quantitative estimate of drug-likeness (QED) is 0.0199. The highest BCUT2D eigenvalue weighted by molar-refractivity contribution is 5.97. The number of nitrogens with zero attached hydrogens (tertiary/aromatic N) is 2. The van der Waals surface area contributed by atoms with Crippen LogP contribution in [0.1, 0.15) is 88.0 Å². The Labute approximate surface area is 367 Å². The first-order valence-electron chi connectivity index (χ1n) is 20.7. The molecule has 0 spiro atoms. The zero-order valence-electron chi connectivity index (χ0n) is 37.7. The van der Waals surface area contributed by atoms with E-state index in [9.17, 15) is 48.3 Å². The highest BCUT2D eigenvalue weighted by Gasteiger charge is 2.32. The predicted molar refractivity (Wildman–Crippen MR) is 233 cm³/mol. The predicted octanol–water partition coefficient (Wildman–Crippen LogP) is -4.96. The van der Waals surface area contributed by atoms with E-state index in [0.29, 0.717) is 0 Å². The van der Waals surface area contributed by atoms with Gasteiger partial charge < -0.3 is 76.3 Å². The van der Waals surface area contributed by atoms with Gasteiger partial charge in [-0.2, -0.15) is 0 Å². The number of carboxylic acids is 1. The topological polar surface area (TPSA) is 425 Å². The van der Waals surface area contributed by atoms with E-state index in [4.69, 9.17) is 28.7 Å². The summed E-state index contributed by atoms with van der Waals surface area (Å²) in [5, 5.41) is 29.4. The van der Waals surface area contributed by atoms with Crippen molar-refractivity contribution in [2.24, 2.45) is 56.4 Å². The molecular formula is C38H71N15O10. The van der Waals surface area contributed by atoms with Crippen molar-refractivity contribution in [2.45, 2.75) is 136 Å². The summed E-state index contributed by atoms with van der Waals surface area (Å²) in [5.41, 5.74) is 27.2. The molecule has 25 nitrogen and oxygen atoms in total. The number of rotatable bonds is 28. The number of hydrogen-bond donors (Lipinski definition) is 14. The molecule has 0 bridgehead atoms. The van der Waals surface area contributed by atoms with E-state index in [1.165, 1.54) is 20.8 Å². The van der Waals surface area contributed by atoms with Crippen molar-refractivity contribution in [1.29, 1.82) is 0 Å². The molecule has 0 aliphatic heterocycles. The minimum absolute atomic E-state index is 0.0118. The molecule has 358 valence electrons. The number of nitrogens with one attached hydrogen (secondary N) is 8. The zero-order valence-corrected chi connectivity index (χ0v) is 37.7. The third-order valence-electron chi connectivity index (χ3n) is 9.35. The minimum atomic E-state index is -1.32. The fraction of sp³-hybridized carbons (Fsp3) is 0.711. The van der Waals surface area contributed by atoms with Gasteiger partial charge in [0.05, 0.1) is 12.6 Å². The fourth-order valence-electron chi connectivity index (χ4n) is 5.40. The first-order valence-corrected chi connectivity index (χ1v) is 20.7. The highest BCUT2D eigenvalue weighted by atomic mass is 16.4. The maximum absolute atomic E-state index is 13.4. The van der Waals surface area contributed by atoms with Crippen molar-refractivity contribution in [3.05, 3.63) is 0 Å². The van der Waals surface area contributed by atoms with Crippen LogP contribution in [-0.4, -0.2) is 138 Å². The van der Waals surface area contributed by atoms with E-state index in [-0.39, 0.29) is 56.6 Å². The van der Waals surface area contributed by atoms with Gasteiger partial charge in [-0.05, 0) is 64.2 Å². The van der Waals surface area contributed by atoms with Crippen LogP contribution < -0.4 is 71.2 Å².